The molecule has 5 atom stereocenters. The summed E-state index contributed by atoms with van der Waals surface area (Å²) in [6.45, 7) is 3.38. The van der Waals surface area contributed by atoms with Gasteiger partial charge < -0.3 is 25.4 Å². The van der Waals surface area contributed by atoms with Crippen molar-refractivity contribution in [2.45, 2.75) is 57.1 Å². The van der Waals surface area contributed by atoms with E-state index in [-0.39, 0.29) is 5.91 Å². The number of aliphatic hydroxyl groups is 2. The first kappa shape index (κ1) is 14.9. The fourth-order valence-electron chi connectivity index (χ4n) is 1.96. The lowest BCUT2D eigenvalue weighted by Gasteiger charge is -2.40. The number of hydrogen-bond acceptors (Lipinski definition) is 5. The van der Waals surface area contributed by atoms with E-state index in [2.05, 4.69) is 5.32 Å². The van der Waals surface area contributed by atoms with Gasteiger partial charge in [0, 0.05) is 6.42 Å². The topological polar surface area (TPSA) is 116 Å². The van der Waals surface area contributed by atoms with Crippen LogP contribution in [0.3, 0.4) is 0 Å². The van der Waals surface area contributed by atoms with Crippen LogP contribution in [0.2, 0.25) is 0 Å². The minimum absolute atomic E-state index is 0.266. The van der Waals surface area contributed by atoms with Crippen molar-refractivity contribution in [3.8, 4) is 0 Å². The molecule has 2 unspecified atom stereocenters. The number of carboxylic acids is 1. The Balaban J connectivity index is 2.71. The number of amides is 1. The molecule has 0 aliphatic carbocycles. The number of carbonyl (C=O) groups excluding carboxylic acids is 1. The fourth-order valence-corrected chi connectivity index (χ4v) is 1.96. The number of aliphatic hydroxyl groups excluding tert-OH is 2. The summed E-state index contributed by atoms with van der Waals surface area (Å²) in [6.07, 6.45) is -4.14. The summed E-state index contributed by atoms with van der Waals surface area (Å²) in [7, 11) is 0. The van der Waals surface area contributed by atoms with E-state index in [1.807, 2.05) is 6.92 Å². The fraction of sp³-hybridized carbons (Fsp3) is 0.818. The Morgan fingerprint density at radius 1 is 1.28 bits per heavy atom. The highest BCUT2D eigenvalue weighted by Crippen LogP contribution is 2.21. The molecule has 0 bridgehead atoms. The van der Waals surface area contributed by atoms with Gasteiger partial charge in [0.15, 0.2) is 6.10 Å². The van der Waals surface area contributed by atoms with Crippen molar-refractivity contribution < 1.29 is 29.6 Å². The van der Waals surface area contributed by atoms with Crippen molar-refractivity contribution >= 4 is 11.9 Å². The Kier molecular flexibility index (Phi) is 5.06. The van der Waals surface area contributed by atoms with Crippen LogP contribution in [0.25, 0.3) is 0 Å². The standard InChI is InChI=1S/C11H19NO6/c1-3-4-6(13)12-7-5(2)18-10(11(16)17)9(15)8(7)14/h5,7-10,14-15H,3-4H2,1-2H3,(H,12,13)(H,16,17)/t5-,7?,8+,9-,10?/m0/s1. The van der Waals surface area contributed by atoms with Crippen LogP contribution in [0.15, 0.2) is 0 Å². The zero-order valence-corrected chi connectivity index (χ0v) is 10.4. The van der Waals surface area contributed by atoms with Crippen molar-refractivity contribution in [3.63, 3.8) is 0 Å². The lowest BCUT2D eigenvalue weighted by atomic mass is 9.93. The number of carbonyl (C=O) groups is 2. The van der Waals surface area contributed by atoms with Gasteiger partial charge in [-0.15, -0.1) is 0 Å². The summed E-state index contributed by atoms with van der Waals surface area (Å²) >= 11 is 0. The highest BCUT2D eigenvalue weighted by molar-refractivity contribution is 5.76. The lowest BCUT2D eigenvalue weighted by Crippen LogP contribution is -2.64. The molecule has 4 N–H and O–H groups in total. The van der Waals surface area contributed by atoms with E-state index in [0.29, 0.717) is 12.8 Å². The molecular formula is C11H19NO6. The Morgan fingerprint density at radius 2 is 1.89 bits per heavy atom. The van der Waals surface area contributed by atoms with Crippen molar-refractivity contribution in [1.82, 2.24) is 5.32 Å². The van der Waals surface area contributed by atoms with E-state index >= 15 is 0 Å². The third kappa shape index (κ3) is 3.18. The zero-order chi connectivity index (χ0) is 13.9. The third-order valence-electron chi connectivity index (χ3n) is 2.94. The largest absolute Gasteiger partial charge is 0.479 e. The molecule has 0 aromatic carbocycles. The molecule has 7 heteroatoms. The van der Waals surface area contributed by atoms with Gasteiger partial charge in [-0.05, 0) is 13.3 Å². The summed E-state index contributed by atoms with van der Waals surface area (Å²) in [5.74, 6) is -1.61. The highest BCUT2D eigenvalue weighted by atomic mass is 16.5. The van der Waals surface area contributed by atoms with Crippen molar-refractivity contribution in [2.75, 3.05) is 0 Å². The number of ether oxygens (including phenoxy) is 1. The maximum absolute atomic E-state index is 11.4. The molecule has 0 radical (unpaired) electrons. The molecule has 1 rings (SSSR count). The SMILES string of the molecule is CCCC(=O)NC1[C@H](C)OC(C(=O)O)[C@@H](O)[C@@H]1O. The first-order valence-corrected chi connectivity index (χ1v) is 5.92. The quantitative estimate of drug-likeness (QED) is 0.508. The Bertz CT molecular complexity index is 321. The van der Waals surface area contributed by atoms with E-state index in [9.17, 15) is 19.8 Å². The molecule has 104 valence electrons. The van der Waals surface area contributed by atoms with Gasteiger partial charge in [-0.1, -0.05) is 6.92 Å². The predicted octanol–water partition coefficient (Wildman–Crippen LogP) is -1.13. The van der Waals surface area contributed by atoms with Gasteiger partial charge in [-0.25, -0.2) is 4.79 Å². The van der Waals surface area contributed by atoms with E-state index in [4.69, 9.17) is 9.84 Å². The minimum atomic E-state index is -1.56. The number of rotatable bonds is 4. The zero-order valence-electron chi connectivity index (χ0n) is 10.4. The summed E-state index contributed by atoms with van der Waals surface area (Å²) in [5, 5.41) is 30.8. The van der Waals surface area contributed by atoms with Gasteiger partial charge in [0.05, 0.1) is 12.1 Å². The maximum atomic E-state index is 11.4. The lowest BCUT2D eigenvalue weighted by molar-refractivity contribution is -0.199. The maximum Gasteiger partial charge on any atom is 0.335 e. The van der Waals surface area contributed by atoms with Crippen molar-refractivity contribution in [2.24, 2.45) is 0 Å². The van der Waals surface area contributed by atoms with Gasteiger partial charge in [0.25, 0.3) is 0 Å². The molecule has 0 aromatic heterocycles. The number of carboxylic acid groups (broad SMARTS) is 1. The Labute approximate surface area is 105 Å². The number of aliphatic carboxylic acids is 1. The van der Waals surface area contributed by atoms with Gasteiger partial charge in [-0.2, -0.15) is 0 Å². The van der Waals surface area contributed by atoms with Gasteiger partial charge >= 0.3 is 5.97 Å². The predicted molar refractivity (Wildman–Crippen MR) is 60.8 cm³/mol. The normalized spacial score (nSPS) is 36.1. The number of hydrogen-bond donors (Lipinski definition) is 4. The van der Waals surface area contributed by atoms with Crippen LogP contribution in [0.1, 0.15) is 26.7 Å². The molecular weight excluding hydrogens is 242 g/mol. The van der Waals surface area contributed by atoms with Crippen LogP contribution in [-0.4, -0.2) is 57.7 Å². The van der Waals surface area contributed by atoms with E-state index in [1.165, 1.54) is 0 Å². The average Bonchev–Trinajstić information content (AvgIpc) is 2.29. The summed E-state index contributed by atoms with van der Waals surface area (Å²) in [6, 6.07) is -0.811. The second kappa shape index (κ2) is 6.12. The summed E-state index contributed by atoms with van der Waals surface area (Å²) in [5.41, 5.74) is 0. The van der Waals surface area contributed by atoms with Crippen molar-refractivity contribution in [1.29, 1.82) is 0 Å². The second-order valence-corrected chi connectivity index (χ2v) is 4.42. The van der Waals surface area contributed by atoms with Crippen LogP contribution in [0.5, 0.6) is 0 Å². The molecule has 1 aliphatic rings. The monoisotopic (exact) mass is 261 g/mol. The van der Waals surface area contributed by atoms with E-state index in [1.54, 1.807) is 6.92 Å². The first-order chi connectivity index (χ1) is 8.38. The van der Waals surface area contributed by atoms with E-state index < -0.39 is 36.4 Å². The molecule has 1 aliphatic heterocycles. The average molecular weight is 261 g/mol. The van der Waals surface area contributed by atoms with Crippen LogP contribution in [0, 0.1) is 0 Å². The Morgan fingerprint density at radius 3 is 2.39 bits per heavy atom. The molecule has 7 nitrogen and oxygen atoms in total. The first-order valence-electron chi connectivity index (χ1n) is 5.92. The van der Waals surface area contributed by atoms with Crippen LogP contribution in [-0.2, 0) is 14.3 Å². The Hall–Kier alpha value is -1.18. The van der Waals surface area contributed by atoms with Crippen LogP contribution in [0.4, 0.5) is 0 Å². The van der Waals surface area contributed by atoms with Crippen molar-refractivity contribution in [3.05, 3.63) is 0 Å². The molecule has 0 saturated carbocycles. The molecule has 1 fully saturated rings. The van der Waals surface area contributed by atoms with Gasteiger partial charge in [-0.3, -0.25) is 4.79 Å². The van der Waals surface area contributed by atoms with E-state index in [0.717, 1.165) is 0 Å². The van der Waals surface area contributed by atoms with Gasteiger partial charge in [0.2, 0.25) is 5.91 Å². The summed E-state index contributed by atoms with van der Waals surface area (Å²) < 4.78 is 5.10. The second-order valence-electron chi connectivity index (χ2n) is 4.42. The number of nitrogens with one attached hydrogen (secondary N) is 1. The molecule has 1 saturated heterocycles. The summed E-state index contributed by atoms with van der Waals surface area (Å²) in [4.78, 5) is 22.3. The third-order valence-corrected chi connectivity index (χ3v) is 2.94. The smallest absolute Gasteiger partial charge is 0.335 e. The molecule has 0 aromatic rings. The molecule has 18 heavy (non-hydrogen) atoms. The minimum Gasteiger partial charge on any atom is -0.479 e. The van der Waals surface area contributed by atoms with Crippen LogP contribution >= 0.6 is 0 Å². The molecule has 1 heterocycles. The highest BCUT2D eigenvalue weighted by Gasteiger charge is 2.46. The molecule has 0 spiro atoms. The van der Waals surface area contributed by atoms with Gasteiger partial charge in [0.1, 0.15) is 12.2 Å². The molecule has 1 amide bonds. The van der Waals surface area contributed by atoms with Crippen LogP contribution < -0.4 is 5.32 Å².